The van der Waals surface area contributed by atoms with Gasteiger partial charge in [-0.15, -0.1) is 0 Å². The van der Waals surface area contributed by atoms with E-state index in [2.05, 4.69) is 11.4 Å². The molecule has 0 aromatic carbocycles. The molecule has 2 saturated carbocycles. The van der Waals surface area contributed by atoms with Crippen LogP contribution in [0.5, 0.6) is 0 Å². The molecular weight excluding hydrogens is 202 g/mol. The third kappa shape index (κ3) is 2.66. The Morgan fingerprint density at radius 2 is 1.88 bits per heavy atom. The Hall–Kier alpha value is -1.24. The summed E-state index contributed by atoms with van der Waals surface area (Å²) in [5.74, 6) is 0.205. The van der Waals surface area contributed by atoms with E-state index in [0.29, 0.717) is 12.1 Å². The Kier molecular flexibility index (Phi) is 3.33. The average Bonchev–Trinajstić information content (AvgIpc) is 3.12. The van der Waals surface area contributed by atoms with Crippen molar-refractivity contribution >= 4 is 6.03 Å². The normalized spacial score (nSPS) is 29.2. The van der Waals surface area contributed by atoms with Gasteiger partial charge in [-0.2, -0.15) is 5.26 Å². The van der Waals surface area contributed by atoms with Gasteiger partial charge in [-0.1, -0.05) is 0 Å². The Balaban J connectivity index is 1.78. The fourth-order valence-electron chi connectivity index (χ4n) is 2.26. The molecule has 0 heterocycles. The summed E-state index contributed by atoms with van der Waals surface area (Å²) in [4.78, 5) is 13.6. The van der Waals surface area contributed by atoms with Gasteiger partial charge >= 0.3 is 6.03 Å². The molecule has 4 heteroatoms. The number of hydrogen-bond donors (Lipinski definition) is 1. The highest BCUT2D eigenvalue weighted by molar-refractivity contribution is 5.74. The van der Waals surface area contributed by atoms with E-state index in [0.717, 1.165) is 38.5 Å². The molecule has 0 atom stereocenters. The van der Waals surface area contributed by atoms with Gasteiger partial charge in [0, 0.05) is 25.0 Å². The highest BCUT2D eigenvalue weighted by atomic mass is 16.2. The van der Waals surface area contributed by atoms with Crippen molar-refractivity contribution in [2.45, 2.75) is 50.6 Å². The lowest BCUT2D eigenvalue weighted by Gasteiger charge is -2.32. The monoisotopic (exact) mass is 221 g/mol. The first kappa shape index (κ1) is 11.3. The van der Waals surface area contributed by atoms with Crippen LogP contribution < -0.4 is 5.32 Å². The Bertz CT molecular complexity index is 298. The van der Waals surface area contributed by atoms with E-state index < -0.39 is 0 Å². The maximum Gasteiger partial charge on any atom is 0.317 e. The molecule has 16 heavy (non-hydrogen) atoms. The second-order valence-electron chi connectivity index (χ2n) is 4.97. The Morgan fingerprint density at radius 1 is 1.25 bits per heavy atom. The summed E-state index contributed by atoms with van der Waals surface area (Å²) in [5, 5.41) is 11.8. The SMILES string of the molecule is CN(C(=O)NC1CC1)C1CCC(C#N)CC1. The van der Waals surface area contributed by atoms with Crippen molar-refractivity contribution in [3.8, 4) is 6.07 Å². The van der Waals surface area contributed by atoms with Gasteiger partial charge in [0.25, 0.3) is 0 Å². The zero-order valence-electron chi connectivity index (χ0n) is 9.78. The largest absolute Gasteiger partial charge is 0.335 e. The number of rotatable bonds is 2. The summed E-state index contributed by atoms with van der Waals surface area (Å²) in [6.07, 6.45) is 6.05. The summed E-state index contributed by atoms with van der Waals surface area (Å²) >= 11 is 0. The third-order valence-corrected chi connectivity index (χ3v) is 3.65. The van der Waals surface area contributed by atoms with Crippen molar-refractivity contribution in [1.29, 1.82) is 5.26 Å². The van der Waals surface area contributed by atoms with Crippen LogP contribution in [0.4, 0.5) is 4.79 Å². The van der Waals surface area contributed by atoms with Crippen LogP contribution in [0, 0.1) is 17.2 Å². The molecule has 0 bridgehead atoms. The molecule has 2 rings (SSSR count). The van der Waals surface area contributed by atoms with Crippen molar-refractivity contribution in [2.75, 3.05) is 7.05 Å². The van der Waals surface area contributed by atoms with Gasteiger partial charge in [0.15, 0.2) is 0 Å². The number of nitriles is 1. The van der Waals surface area contributed by atoms with Gasteiger partial charge in [-0.3, -0.25) is 0 Å². The molecule has 1 N–H and O–H groups in total. The quantitative estimate of drug-likeness (QED) is 0.774. The molecular formula is C12H19N3O. The van der Waals surface area contributed by atoms with E-state index in [1.165, 1.54) is 0 Å². The molecule has 0 aromatic rings. The van der Waals surface area contributed by atoms with E-state index in [4.69, 9.17) is 5.26 Å². The van der Waals surface area contributed by atoms with Crippen LogP contribution in [0.15, 0.2) is 0 Å². The number of carbonyl (C=O) groups is 1. The van der Waals surface area contributed by atoms with Crippen molar-refractivity contribution in [3.63, 3.8) is 0 Å². The fourth-order valence-corrected chi connectivity index (χ4v) is 2.26. The number of carbonyl (C=O) groups excluding carboxylic acids is 1. The highest BCUT2D eigenvalue weighted by Gasteiger charge is 2.29. The molecule has 0 radical (unpaired) electrons. The lowest BCUT2D eigenvalue weighted by molar-refractivity contribution is 0.167. The minimum Gasteiger partial charge on any atom is -0.335 e. The second kappa shape index (κ2) is 4.73. The van der Waals surface area contributed by atoms with Gasteiger partial charge in [0.2, 0.25) is 0 Å². The van der Waals surface area contributed by atoms with E-state index in [1.807, 2.05) is 11.9 Å². The third-order valence-electron chi connectivity index (χ3n) is 3.65. The van der Waals surface area contributed by atoms with Crippen LogP contribution in [0.3, 0.4) is 0 Å². The van der Waals surface area contributed by atoms with Gasteiger partial charge in [-0.05, 0) is 38.5 Å². The number of amides is 2. The molecule has 0 unspecified atom stereocenters. The van der Waals surface area contributed by atoms with Gasteiger partial charge in [0.05, 0.1) is 6.07 Å². The smallest absolute Gasteiger partial charge is 0.317 e. The zero-order chi connectivity index (χ0) is 11.5. The lowest BCUT2D eigenvalue weighted by Crippen LogP contribution is -2.45. The number of nitrogens with zero attached hydrogens (tertiary/aromatic N) is 2. The van der Waals surface area contributed by atoms with E-state index >= 15 is 0 Å². The molecule has 4 nitrogen and oxygen atoms in total. The van der Waals surface area contributed by atoms with Crippen LogP contribution in [0.2, 0.25) is 0 Å². The second-order valence-corrected chi connectivity index (χ2v) is 4.97. The van der Waals surface area contributed by atoms with Crippen LogP contribution in [0.1, 0.15) is 38.5 Å². The molecule has 2 amide bonds. The first-order valence-electron chi connectivity index (χ1n) is 6.13. The van der Waals surface area contributed by atoms with Crippen molar-refractivity contribution in [1.82, 2.24) is 10.2 Å². The summed E-state index contributed by atoms with van der Waals surface area (Å²) in [6, 6.07) is 3.12. The van der Waals surface area contributed by atoms with Gasteiger partial charge < -0.3 is 10.2 Å². The zero-order valence-corrected chi connectivity index (χ0v) is 9.78. The van der Waals surface area contributed by atoms with Gasteiger partial charge in [0.1, 0.15) is 0 Å². The maximum atomic E-state index is 11.8. The van der Waals surface area contributed by atoms with E-state index in [-0.39, 0.29) is 11.9 Å². The van der Waals surface area contributed by atoms with E-state index in [1.54, 1.807) is 0 Å². The minimum absolute atomic E-state index is 0.0582. The standard InChI is InChI=1S/C12H19N3O/c1-15(12(16)14-10-4-5-10)11-6-2-9(8-13)3-7-11/h9-11H,2-7H2,1H3,(H,14,16). The van der Waals surface area contributed by atoms with Crippen molar-refractivity contribution < 1.29 is 4.79 Å². The summed E-state index contributed by atoms with van der Waals surface area (Å²) in [6.45, 7) is 0. The highest BCUT2D eigenvalue weighted by Crippen LogP contribution is 2.27. The molecule has 0 aliphatic heterocycles. The average molecular weight is 221 g/mol. The van der Waals surface area contributed by atoms with Crippen LogP contribution in [0.25, 0.3) is 0 Å². The van der Waals surface area contributed by atoms with Crippen LogP contribution in [-0.4, -0.2) is 30.1 Å². The number of urea groups is 1. The number of nitrogens with one attached hydrogen (secondary N) is 1. The Morgan fingerprint density at radius 3 is 2.38 bits per heavy atom. The molecule has 88 valence electrons. The van der Waals surface area contributed by atoms with Crippen LogP contribution >= 0.6 is 0 Å². The first-order chi connectivity index (χ1) is 7.70. The lowest BCUT2D eigenvalue weighted by atomic mass is 9.86. The number of hydrogen-bond acceptors (Lipinski definition) is 2. The first-order valence-corrected chi connectivity index (χ1v) is 6.13. The molecule has 2 fully saturated rings. The van der Waals surface area contributed by atoms with Crippen molar-refractivity contribution in [3.05, 3.63) is 0 Å². The summed E-state index contributed by atoms with van der Waals surface area (Å²) in [5.41, 5.74) is 0. The predicted molar refractivity (Wildman–Crippen MR) is 60.7 cm³/mol. The topological polar surface area (TPSA) is 56.1 Å². The minimum atomic E-state index is 0.0582. The summed E-state index contributed by atoms with van der Waals surface area (Å²) < 4.78 is 0. The van der Waals surface area contributed by atoms with E-state index in [9.17, 15) is 4.79 Å². The van der Waals surface area contributed by atoms with Gasteiger partial charge in [-0.25, -0.2) is 4.79 Å². The Labute approximate surface area is 96.6 Å². The maximum absolute atomic E-state index is 11.8. The molecule has 2 aliphatic rings. The van der Waals surface area contributed by atoms with Crippen molar-refractivity contribution in [2.24, 2.45) is 5.92 Å². The van der Waals surface area contributed by atoms with Crippen LogP contribution in [-0.2, 0) is 0 Å². The predicted octanol–water partition coefficient (Wildman–Crippen LogP) is 1.87. The summed E-state index contributed by atoms with van der Waals surface area (Å²) in [7, 11) is 1.87. The fraction of sp³-hybridized carbons (Fsp3) is 0.833. The molecule has 0 aromatic heterocycles. The molecule has 0 spiro atoms. The molecule has 2 aliphatic carbocycles. The molecule has 0 saturated heterocycles.